The maximum absolute atomic E-state index is 12.3. The van der Waals surface area contributed by atoms with Crippen LogP contribution in [0.15, 0.2) is 12.4 Å². The number of rotatable bonds is 5. The van der Waals surface area contributed by atoms with Crippen LogP contribution in [0.25, 0.3) is 0 Å². The first kappa shape index (κ1) is 15.4. The fourth-order valence-corrected chi connectivity index (χ4v) is 2.91. The summed E-state index contributed by atoms with van der Waals surface area (Å²) in [4.78, 5) is 24.3. The van der Waals surface area contributed by atoms with E-state index < -0.39 is 0 Å². The summed E-state index contributed by atoms with van der Waals surface area (Å²) in [7, 11) is 0. The Kier molecular flexibility index (Phi) is 5.48. The van der Waals surface area contributed by atoms with Crippen LogP contribution in [-0.4, -0.2) is 63.4 Å². The third kappa shape index (κ3) is 3.55. The van der Waals surface area contributed by atoms with Gasteiger partial charge in [0, 0.05) is 43.7 Å². The molecule has 0 aromatic carbocycles. The molecule has 1 aromatic heterocycles. The molecule has 1 aliphatic rings. The van der Waals surface area contributed by atoms with Crippen molar-refractivity contribution in [1.82, 2.24) is 19.8 Å². The number of carbonyl (C=O) groups is 1. The van der Waals surface area contributed by atoms with Crippen molar-refractivity contribution in [2.45, 2.75) is 31.6 Å². The Morgan fingerprint density at radius 2 is 2.40 bits per heavy atom. The molecule has 0 unspecified atom stereocenters. The number of imidazole rings is 1. The van der Waals surface area contributed by atoms with E-state index in [9.17, 15) is 4.79 Å². The molecule has 6 heteroatoms. The van der Waals surface area contributed by atoms with E-state index in [1.165, 1.54) is 0 Å². The van der Waals surface area contributed by atoms with Gasteiger partial charge in [0.2, 0.25) is 5.91 Å². The lowest BCUT2D eigenvalue weighted by molar-refractivity contribution is -0.134. The quantitative estimate of drug-likeness (QED) is 0.899. The number of aromatic amines is 1. The number of thioether (sulfide) groups is 1. The van der Waals surface area contributed by atoms with Crippen LogP contribution < -0.4 is 0 Å². The molecule has 1 saturated heterocycles. The summed E-state index contributed by atoms with van der Waals surface area (Å²) >= 11 is 1.74. The summed E-state index contributed by atoms with van der Waals surface area (Å²) in [5, 5.41) is 0.383. The second-order valence-corrected chi connectivity index (χ2v) is 6.49. The zero-order chi connectivity index (χ0) is 14.5. The smallest absolute Gasteiger partial charge is 0.223 e. The van der Waals surface area contributed by atoms with Gasteiger partial charge in [0.1, 0.15) is 5.82 Å². The van der Waals surface area contributed by atoms with Crippen LogP contribution in [-0.2, 0) is 4.79 Å². The Bertz CT molecular complexity index is 423. The molecule has 2 atom stereocenters. The molecule has 112 valence electrons. The zero-order valence-corrected chi connectivity index (χ0v) is 13.3. The molecule has 0 spiro atoms. The lowest BCUT2D eigenvalue weighted by Gasteiger charge is -2.40. The average Bonchev–Trinajstić information content (AvgIpc) is 3.00. The molecule has 1 N–H and O–H groups in total. The number of H-pyrrole nitrogens is 1. The number of hydrogen-bond acceptors (Lipinski definition) is 4. The summed E-state index contributed by atoms with van der Waals surface area (Å²) < 4.78 is 0. The van der Waals surface area contributed by atoms with E-state index in [0.717, 1.165) is 32.0 Å². The number of aromatic nitrogens is 2. The number of hydrogen-bond donors (Lipinski definition) is 1. The normalized spacial score (nSPS) is 21.9. The van der Waals surface area contributed by atoms with Crippen LogP contribution in [0.4, 0.5) is 0 Å². The number of nitrogens with one attached hydrogen (secondary N) is 1. The first-order valence-electron chi connectivity index (χ1n) is 7.19. The van der Waals surface area contributed by atoms with Crippen LogP contribution >= 0.6 is 11.8 Å². The Hall–Kier alpha value is -1.01. The Morgan fingerprint density at radius 1 is 1.60 bits per heavy atom. The maximum Gasteiger partial charge on any atom is 0.223 e. The SMILES string of the molecule is CCN1CCN(C(=O)C[C@@H](C)SC)C[C@H]1c1ncc[nH]1. The molecule has 5 nitrogen and oxygen atoms in total. The molecule has 1 aliphatic heterocycles. The summed E-state index contributed by atoms with van der Waals surface area (Å²) in [6.07, 6.45) is 6.30. The van der Waals surface area contributed by atoms with Gasteiger partial charge < -0.3 is 9.88 Å². The maximum atomic E-state index is 12.3. The van der Waals surface area contributed by atoms with Crippen LogP contribution in [0.5, 0.6) is 0 Å². The van der Waals surface area contributed by atoms with Crippen molar-refractivity contribution in [3.05, 3.63) is 18.2 Å². The van der Waals surface area contributed by atoms with Gasteiger partial charge in [-0.25, -0.2) is 4.98 Å². The van der Waals surface area contributed by atoms with Gasteiger partial charge in [-0.1, -0.05) is 13.8 Å². The minimum absolute atomic E-state index is 0.192. The van der Waals surface area contributed by atoms with Gasteiger partial charge in [0.15, 0.2) is 0 Å². The highest BCUT2D eigenvalue weighted by Gasteiger charge is 2.31. The molecule has 0 radical (unpaired) electrons. The molecular formula is C14H24N4OS. The fourth-order valence-electron chi connectivity index (χ4n) is 2.60. The van der Waals surface area contributed by atoms with Crippen LogP contribution in [0.3, 0.4) is 0 Å². The van der Waals surface area contributed by atoms with Crippen molar-refractivity contribution in [3.8, 4) is 0 Å². The highest BCUT2D eigenvalue weighted by atomic mass is 32.2. The second-order valence-electron chi connectivity index (χ2n) is 5.21. The second kappa shape index (κ2) is 7.13. The highest BCUT2D eigenvalue weighted by Crippen LogP contribution is 2.23. The highest BCUT2D eigenvalue weighted by molar-refractivity contribution is 7.99. The molecule has 2 rings (SSSR count). The van der Waals surface area contributed by atoms with Crippen LogP contribution in [0, 0.1) is 0 Å². The minimum atomic E-state index is 0.192. The Labute approximate surface area is 125 Å². The van der Waals surface area contributed by atoms with E-state index in [1.807, 2.05) is 11.1 Å². The Balaban J connectivity index is 2.02. The predicted octanol–water partition coefficient (Wildman–Crippen LogP) is 1.76. The minimum Gasteiger partial charge on any atom is -0.347 e. The van der Waals surface area contributed by atoms with Crippen molar-refractivity contribution in [1.29, 1.82) is 0 Å². The molecule has 1 amide bonds. The molecule has 0 bridgehead atoms. The zero-order valence-electron chi connectivity index (χ0n) is 12.5. The first-order valence-corrected chi connectivity index (χ1v) is 8.48. The lowest BCUT2D eigenvalue weighted by atomic mass is 10.1. The third-order valence-electron chi connectivity index (χ3n) is 3.95. The largest absolute Gasteiger partial charge is 0.347 e. The molecule has 0 aliphatic carbocycles. The van der Waals surface area contributed by atoms with E-state index in [0.29, 0.717) is 11.7 Å². The van der Waals surface area contributed by atoms with Crippen molar-refractivity contribution >= 4 is 17.7 Å². The van der Waals surface area contributed by atoms with E-state index in [-0.39, 0.29) is 11.9 Å². The van der Waals surface area contributed by atoms with Gasteiger partial charge in [0.25, 0.3) is 0 Å². The topological polar surface area (TPSA) is 52.2 Å². The van der Waals surface area contributed by atoms with Gasteiger partial charge in [-0.3, -0.25) is 9.69 Å². The van der Waals surface area contributed by atoms with E-state index in [4.69, 9.17) is 0 Å². The third-order valence-corrected chi connectivity index (χ3v) is 4.92. The van der Waals surface area contributed by atoms with Gasteiger partial charge in [0.05, 0.1) is 6.04 Å². The van der Waals surface area contributed by atoms with Gasteiger partial charge in [-0.15, -0.1) is 0 Å². The fraction of sp³-hybridized carbons (Fsp3) is 0.714. The summed E-state index contributed by atoms with van der Waals surface area (Å²) in [5.41, 5.74) is 0. The number of nitrogens with zero attached hydrogens (tertiary/aromatic N) is 3. The van der Waals surface area contributed by atoms with E-state index in [2.05, 4.69) is 35.0 Å². The monoisotopic (exact) mass is 296 g/mol. The summed E-state index contributed by atoms with van der Waals surface area (Å²) in [6, 6.07) is 0.192. The van der Waals surface area contributed by atoms with Crippen molar-refractivity contribution in [3.63, 3.8) is 0 Å². The lowest BCUT2D eigenvalue weighted by Crippen LogP contribution is -2.50. The summed E-state index contributed by atoms with van der Waals surface area (Å²) in [5.74, 6) is 1.22. The van der Waals surface area contributed by atoms with Gasteiger partial charge in [-0.2, -0.15) is 11.8 Å². The average molecular weight is 296 g/mol. The van der Waals surface area contributed by atoms with Gasteiger partial charge in [-0.05, 0) is 12.8 Å². The first-order chi connectivity index (χ1) is 9.65. The van der Waals surface area contributed by atoms with Crippen LogP contribution in [0.1, 0.15) is 32.1 Å². The molecule has 1 aromatic rings. The Morgan fingerprint density at radius 3 is 3.00 bits per heavy atom. The van der Waals surface area contributed by atoms with Gasteiger partial charge >= 0.3 is 0 Å². The van der Waals surface area contributed by atoms with Crippen molar-refractivity contribution in [2.24, 2.45) is 0 Å². The number of piperazine rings is 1. The number of likely N-dealkylation sites (N-methyl/N-ethyl adjacent to an activating group) is 1. The van der Waals surface area contributed by atoms with E-state index in [1.54, 1.807) is 18.0 Å². The molecule has 1 fully saturated rings. The van der Waals surface area contributed by atoms with E-state index >= 15 is 0 Å². The summed E-state index contributed by atoms with van der Waals surface area (Å²) in [6.45, 7) is 7.72. The van der Waals surface area contributed by atoms with Crippen LogP contribution in [0.2, 0.25) is 0 Å². The molecular weight excluding hydrogens is 272 g/mol. The standard InChI is InChI=1S/C14H24N4OS/c1-4-17-7-8-18(13(19)9-11(2)20-3)10-12(17)14-15-5-6-16-14/h5-6,11-12H,4,7-10H2,1-3H3,(H,15,16)/t11-,12+/m1/s1. The van der Waals surface area contributed by atoms with Crippen molar-refractivity contribution < 1.29 is 4.79 Å². The van der Waals surface area contributed by atoms with Crippen molar-refractivity contribution in [2.75, 3.05) is 32.4 Å². The molecule has 0 saturated carbocycles. The molecule has 20 heavy (non-hydrogen) atoms. The molecule has 2 heterocycles. The number of amides is 1. The predicted molar refractivity (Wildman–Crippen MR) is 82.7 cm³/mol. The number of carbonyl (C=O) groups excluding carboxylic acids is 1.